The average molecular weight is 348 g/mol. The normalized spacial score (nSPS) is 10.6. The summed E-state index contributed by atoms with van der Waals surface area (Å²) < 4.78 is 4.71. The predicted molar refractivity (Wildman–Crippen MR) is 90.6 cm³/mol. The maximum Gasteiger partial charge on any atom is 0.337 e. The van der Waals surface area contributed by atoms with E-state index in [1.54, 1.807) is 18.2 Å². The average Bonchev–Trinajstić information content (AvgIpc) is 2.56. The molecule has 0 atom stereocenters. The second kappa shape index (κ2) is 6.40. The minimum absolute atomic E-state index is 0.117. The molecular formula is C16H11Cl2N3O2. The number of anilines is 2. The van der Waals surface area contributed by atoms with E-state index >= 15 is 0 Å². The minimum atomic E-state index is -0.449. The highest BCUT2D eigenvalue weighted by Crippen LogP contribution is 2.30. The Labute approximate surface area is 142 Å². The SMILES string of the molecule is COC(=O)c1ccc(Cl)c(Nc2nc(Cl)nc3ccccc23)c1. The first kappa shape index (κ1) is 15.5. The number of methoxy groups -OCH3 is 1. The van der Waals surface area contributed by atoms with Crippen LogP contribution >= 0.6 is 23.2 Å². The van der Waals surface area contributed by atoms with Gasteiger partial charge in [0.15, 0.2) is 0 Å². The molecule has 2 aromatic carbocycles. The van der Waals surface area contributed by atoms with Crippen LogP contribution < -0.4 is 5.32 Å². The molecule has 0 amide bonds. The molecule has 23 heavy (non-hydrogen) atoms. The van der Waals surface area contributed by atoms with Gasteiger partial charge in [-0.25, -0.2) is 9.78 Å². The number of esters is 1. The summed E-state index contributed by atoms with van der Waals surface area (Å²) in [5.41, 5.74) is 1.61. The van der Waals surface area contributed by atoms with Crippen LogP contribution in [0.5, 0.6) is 0 Å². The fraction of sp³-hybridized carbons (Fsp3) is 0.0625. The zero-order valence-corrected chi connectivity index (χ0v) is 13.5. The van der Waals surface area contributed by atoms with Crippen LogP contribution in [-0.4, -0.2) is 23.0 Å². The monoisotopic (exact) mass is 347 g/mol. The smallest absolute Gasteiger partial charge is 0.337 e. The van der Waals surface area contributed by atoms with Crippen LogP contribution in [0.1, 0.15) is 10.4 Å². The molecule has 5 nitrogen and oxygen atoms in total. The fourth-order valence-electron chi connectivity index (χ4n) is 2.14. The van der Waals surface area contributed by atoms with E-state index in [1.165, 1.54) is 7.11 Å². The van der Waals surface area contributed by atoms with Crippen LogP contribution in [-0.2, 0) is 4.74 Å². The molecular weight excluding hydrogens is 337 g/mol. The highest BCUT2D eigenvalue weighted by molar-refractivity contribution is 6.33. The summed E-state index contributed by atoms with van der Waals surface area (Å²) in [6.45, 7) is 0. The van der Waals surface area contributed by atoms with Crippen molar-refractivity contribution < 1.29 is 9.53 Å². The molecule has 3 aromatic rings. The van der Waals surface area contributed by atoms with Crippen molar-refractivity contribution in [2.24, 2.45) is 0 Å². The number of halogens is 2. The van der Waals surface area contributed by atoms with Gasteiger partial charge in [-0.05, 0) is 41.9 Å². The van der Waals surface area contributed by atoms with Crippen LogP contribution in [0, 0.1) is 0 Å². The number of carbonyl (C=O) groups excluding carboxylic acids is 1. The van der Waals surface area contributed by atoms with Crippen molar-refractivity contribution >= 4 is 51.6 Å². The predicted octanol–water partition coefficient (Wildman–Crippen LogP) is 4.47. The Hall–Kier alpha value is -2.37. The van der Waals surface area contributed by atoms with Gasteiger partial charge in [0.25, 0.3) is 0 Å². The molecule has 0 unspecified atom stereocenters. The van der Waals surface area contributed by atoms with Gasteiger partial charge in [-0.3, -0.25) is 0 Å². The van der Waals surface area contributed by atoms with Crippen molar-refractivity contribution in [3.8, 4) is 0 Å². The van der Waals surface area contributed by atoms with Crippen LogP contribution in [0.2, 0.25) is 10.3 Å². The van der Waals surface area contributed by atoms with E-state index in [0.29, 0.717) is 27.6 Å². The maximum absolute atomic E-state index is 11.7. The van der Waals surface area contributed by atoms with Gasteiger partial charge in [-0.15, -0.1) is 0 Å². The summed E-state index contributed by atoms with van der Waals surface area (Å²) >= 11 is 12.2. The standard InChI is InChI=1S/C16H11Cl2N3O2/c1-23-15(22)9-6-7-11(17)13(8-9)19-14-10-4-2-3-5-12(10)20-16(18)21-14/h2-8H,1H3,(H,19,20,21). The third-order valence-corrected chi connectivity index (χ3v) is 3.72. The second-order valence-electron chi connectivity index (χ2n) is 4.67. The number of aromatic nitrogens is 2. The molecule has 0 aliphatic heterocycles. The lowest BCUT2D eigenvalue weighted by Gasteiger charge is -2.11. The van der Waals surface area contributed by atoms with Gasteiger partial charge in [0.1, 0.15) is 5.82 Å². The van der Waals surface area contributed by atoms with Crippen LogP contribution in [0.25, 0.3) is 10.9 Å². The number of para-hydroxylation sites is 1. The fourth-order valence-corrected chi connectivity index (χ4v) is 2.48. The molecule has 0 bridgehead atoms. The zero-order valence-electron chi connectivity index (χ0n) is 12.0. The molecule has 1 heterocycles. The van der Waals surface area contributed by atoms with Gasteiger partial charge in [0.05, 0.1) is 28.9 Å². The van der Waals surface area contributed by atoms with E-state index in [1.807, 2.05) is 24.3 Å². The molecule has 0 saturated carbocycles. The zero-order chi connectivity index (χ0) is 16.4. The van der Waals surface area contributed by atoms with E-state index < -0.39 is 5.97 Å². The van der Waals surface area contributed by atoms with Gasteiger partial charge in [-0.2, -0.15) is 4.98 Å². The Balaban J connectivity index is 2.07. The molecule has 0 aliphatic carbocycles. The lowest BCUT2D eigenvalue weighted by atomic mass is 10.2. The van der Waals surface area contributed by atoms with E-state index in [-0.39, 0.29) is 5.28 Å². The summed E-state index contributed by atoms with van der Waals surface area (Å²) in [6.07, 6.45) is 0. The van der Waals surface area contributed by atoms with Crippen molar-refractivity contribution in [2.75, 3.05) is 12.4 Å². The molecule has 1 aromatic heterocycles. The third kappa shape index (κ3) is 3.21. The number of nitrogens with one attached hydrogen (secondary N) is 1. The Morgan fingerprint density at radius 3 is 2.70 bits per heavy atom. The van der Waals surface area contributed by atoms with Crippen molar-refractivity contribution in [1.29, 1.82) is 0 Å². The topological polar surface area (TPSA) is 64.1 Å². The largest absolute Gasteiger partial charge is 0.465 e. The van der Waals surface area contributed by atoms with Crippen LogP contribution in [0.15, 0.2) is 42.5 Å². The molecule has 0 aliphatic rings. The summed E-state index contributed by atoms with van der Waals surface area (Å²) in [4.78, 5) is 20.0. The molecule has 116 valence electrons. The number of carbonyl (C=O) groups is 1. The number of hydrogen-bond donors (Lipinski definition) is 1. The van der Waals surface area contributed by atoms with E-state index in [9.17, 15) is 4.79 Å². The van der Waals surface area contributed by atoms with Crippen LogP contribution in [0.4, 0.5) is 11.5 Å². The van der Waals surface area contributed by atoms with Gasteiger partial charge in [0.2, 0.25) is 5.28 Å². The molecule has 0 radical (unpaired) electrons. The number of ether oxygens (including phenoxy) is 1. The summed E-state index contributed by atoms with van der Waals surface area (Å²) in [6, 6.07) is 12.2. The third-order valence-electron chi connectivity index (χ3n) is 3.22. The number of fused-ring (bicyclic) bond motifs is 1. The molecule has 0 spiro atoms. The Morgan fingerprint density at radius 2 is 1.91 bits per heavy atom. The summed E-state index contributed by atoms with van der Waals surface area (Å²) in [5.74, 6) is 0.0554. The summed E-state index contributed by atoms with van der Waals surface area (Å²) in [7, 11) is 1.32. The van der Waals surface area contributed by atoms with E-state index in [4.69, 9.17) is 27.9 Å². The van der Waals surface area contributed by atoms with Crippen molar-refractivity contribution in [3.05, 3.63) is 58.3 Å². The van der Waals surface area contributed by atoms with Gasteiger partial charge in [-0.1, -0.05) is 23.7 Å². The van der Waals surface area contributed by atoms with Gasteiger partial charge in [0, 0.05) is 5.39 Å². The lowest BCUT2D eigenvalue weighted by Crippen LogP contribution is -2.03. The number of hydrogen-bond acceptors (Lipinski definition) is 5. The molecule has 3 rings (SSSR count). The Kier molecular flexibility index (Phi) is 4.32. The first-order valence-corrected chi connectivity index (χ1v) is 7.41. The first-order valence-electron chi connectivity index (χ1n) is 6.65. The van der Waals surface area contributed by atoms with E-state index in [0.717, 1.165) is 5.39 Å². The lowest BCUT2D eigenvalue weighted by molar-refractivity contribution is 0.0601. The Morgan fingerprint density at radius 1 is 1.13 bits per heavy atom. The number of benzene rings is 2. The van der Waals surface area contributed by atoms with Crippen molar-refractivity contribution in [3.63, 3.8) is 0 Å². The van der Waals surface area contributed by atoms with Gasteiger partial charge >= 0.3 is 5.97 Å². The molecule has 7 heteroatoms. The summed E-state index contributed by atoms with van der Waals surface area (Å²) in [5, 5.41) is 4.45. The maximum atomic E-state index is 11.7. The highest BCUT2D eigenvalue weighted by Gasteiger charge is 2.12. The van der Waals surface area contributed by atoms with Crippen molar-refractivity contribution in [1.82, 2.24) is 9.97 Å². The number of rotatable bonds is 3. The van der Waals surface area contributed by atoms with Gasteiger partial charge < -0.3 is 10.1 Å². The Bertz CT molecular complexity index is 900. The van der Waals surface area contributed by atoms with E-state index in [2.05, 4.69) is 15.3 Å². The molecule has 1 N–H and O–H groups in total. The molecule has 0 saturated heterocycles. The first-order chi connectivity index (χ1) is 11.1. The highest BCUT2D eigenvalue weighted by atomic mass is 35.5. The van der Waals surface area contributed by atoms with Crippen LogP contribution in [0.3, 0.4) is 0 Å². The second-order valence-corrected chi connectivity index (χ2v) is 5.41. The van der Waals surface area contributed by atoms with Crippen molar-refractivity contribution in [2.45, 2.75) is 0 Å². The molecule has 0 fully saturated rings. The number of nitrogens with zero attached hydrogens (tertiary/aromatic N) is 2. The quantitative estimate of drug-likeness (QED) is 0.559. The minimum Gasteiger partial charge on any atom is -0.465 e.